The Morgan fingerprint density at radius 3 is 2.67 bits per heavy atom. The largest absolute Gasteiger partial charge is 0.392 e. The molecule has 0 aliphatic heterocycles. The molecule has 18 heavy (non-hydrogen) atoms. The van der Waals surface area contributed by atoms with E-state index in [0.29, 0.717) is 12.8 Å². The number of hydrogen-bond acceptors (Lipinski definition) is 2. The Morgan fingerprint density at radius 1 is 1.33 bits per heavy atom. The van der Waals surface area contributed by atoms with Crippen LogP contribution in [-0.2, 0) is 11.2 Å². The van der Waals surface area contributed by atoms with Crippen LogP contribution in [0.2, 0.25) is 0 Å². The molecule has 2 atom stereocenters. The molecule has 5 heteroatoms. The van der Waals surface area contributed by atoms with Crippen molar-refractivity contribution in [2.45, 2.75) is 38.3 Å². The lowest BCUT2D eigenvalue weighted by Gasteiger charge is -2.31. The van der Waals surface area contributed by atoms with Crippen molar-refractivity contribution in [1.82, 2.24) is 0 Å². The number of alkyl halides is 3. The summed E-state index contributed by atoms with van der Waals surface area (Å²) in [6.07, 6.45) is -2.30. The van der Waals surface area contributed by atoms with Crippen molar-refractivity contribution >= 4 is 17.1 Å². The standard InChI is InChI=1S/C13H15F3OS/c14-13(15,16)11-6-2-1-5-10(11)12(17)8-9-4-3-7-18-9/h3-4,7,10-11H,1-2,5-6,8H2. The van der Waals surface area contributed by atoms with Gasteiger partial charge in [-0.3, -0.25) is 4.79 Å². The van der Waals surface area contributed by atoms with Gasteiger partial charge in [0.25, 0.3) is 0 Å². The van der Waals surface area contributed by atoms with Crippen LogP contribution >= 0.6 is 11.3 Å². The lowest BCUT2D eigenvalue weighted by Crippen LogP contribution is -2.37. The molecule has 2 rings (SSSR count). The fraction of sp³-hybridized carbons (Fsp3) is 0.615. The Kier molecular flexibility index (Phi) is 4.10. The van der Waals surface area contributed by atoms with Gasteiger partial charge < -0.3 is 0 Å². The summed E-state index contributed by atoms with van der Waals surface area (Å²) < 4.78 is 38.6. The minimum atomic E-state index is -4.24. The number of halogens is 3. The first-order chi connectivity index (χ1) is 8.48. The van der Waals surface area contributed by atoms with Gasteiger partial charge in [0.15, 0.2) is 0 Å². The van der Waals surface area contributed by atoms with E-state index in [-0.39, 0.29) is 18.6 Å². The molecule has 100 valence electrons. The third kappa shape index (κ3) is 3.13. The van der Waals surface area contributed by atoms with Crippen LogP contribution in [0.15, 0.2) is 17.5 Å². The van der Waals surface area contributed by atoms with Crippen LogP contribution < -0.4 is 0 Å². The molecule has 0 bridgehead atoms. The van der Waals surface area contributed by atoms with Gasteiger partial charge in [0.1, 0.15) is 5.78 Å². The minimum absolute atomic E-state index is 0.102. The summed E-state index contributed by atoms with van der Waals surface area (Å²) in [5, 5.41) is 1.84. The van der Waals surface area contributed by atoms with Crippen molar-refractivity contribution in [3.05, 3.63) is 22.4 Å². The summed E-state index contributed by atoms with van der Waals surface area (Å²) in [5.41, 5.74) is 0. The summed E-state index contributed by atoms with van der Waals surface area (Å²) >= 11 is 1.42. The van der Waals surface area contributed by atoms with Gasteiger partial charge in [-0.1, -0.05) is 18.9 Å². The number of rotatable bonds is 3. The summed E-state index contributed by atoms with van der Waals surface area (Å²) in [7, 11) is 0. The maximum atomic E-state index is 12.9. The number of ketones is 1. The van der Waals surface area contributed by atoms with Crippen molar-refractivity contribution in [2.75, 3.05) is 0 Å². The fourth-order valence-corrected chi connectivity index (χ4v) is 3.34. The van der Waals surface area contributed by atoms with Crippen LogP contribution in [0.5, 0.6) is 0 Å². The van der Waals surface area contributed by atoms with Crippen LogP contribution in [-0.4, -0.2) is 12.0 Å². The smallest absolute Gasteiger partial charge is 0.299 e. The van der Waals surface area contributed by atoms with Crippen molar-refractivity contribution in [3.8, 4) is 0 Å². The van der Waals surface area contributed by atoms with Gasteiger partial charge in [-0.05, 0) is 24.3 Å². The van der Waals surface area contributed by atoms with Gasteiger partial charge in [0, 0.05) is 17.2 Å². The molecule has 0 N–H and O–H groups in total. The second-order valence-corrected chi connectivity index (χ2v) is 5.79. The number of hydrogen-bond donors (Lipinski definition) is 0. The maximum Gasteiger partial charge on any atom is 0.392 e. The molecule has 0 amide bonds. The zero-order valence-electron chi connectivity index (χ0n) is 9.87. The molecule has 1 aliphatic rings. The highest BCUT2D eigenvalue weighted by Gasteiger charge is 2.47. The van der Waals surface area contributed by atoms with E-state index in [1.807, 2.05) is 11.4 Å². The summed E-state index contributed by atoms with van der Waals surface area (Å²) in [6.45, 7) is 0. The molecule has 1 aromatic rings. The van der Waals surface area contributed by atoms with Gasteiger partial charge in [-0.25, -0.2) is 0 Å². The third-order valence-electron chi connectivity index (χ3n) is 3.53. The van der Waals surface area contributed by atoms with Gasteiger partial charge in [0.2, 0.25) is 0 Å². The predicted molar refractivity (Wildman–Crippen MR) is 64.5 cm³/mol. The maximum absolute atomic E-state index is 12.9. The summed E-state index contributed by atoms with van der Waals surface area (Å²) in [4.78, 5) is 12.9. The number of thiophene rings is 1. The van der Waals surface area contributed by atoms with E-state index in [0.717, 1.165) is 11.3 Å². The van der Waals surface area contributed by atoms with Crippen LogP contribution in [0.3, 0.4) is 0 Å². The first-order valence-electron chi connectivity index (χ1n) is 6.10. The van der Waals surface area contributed by atoms with Gasteiger partial charge in [-0.15, -0.1) is 11.3 Å². The summed E-state index contributed by atoms with van der Waals surface area (Å²) in [5.74, 6) is -2.51. The van der Waals surface area contributed by atoms with Crippen LogP contribution in [0.25, 0.3) is 0 Å². The van der Waals surface area contributed by atoms with Gasteiger partial charge in [-0.2, -0.15) is 13.2 Å². The minimum Gasteiger partial charge on any atom is -0.299 e. The first kappa shape index (κ1) is 13.6. The first-order valence-corrected chi connectivity index (χ1v) is 6.98. The molecule has 1 heterocycles. The Morgan fingerprint density at radius 2 is 2.06 bits per heavy atom. The zero-order valence-corrected chi connectivity index (χ0v) is 10.7. The van der Waals surface area contributed by atoms with E-state index in [2.05, 4.69) is 0 Å². The normalized spacial score (nSPS) is 25.1. The van der Waals surface area contributed by atoms with Gasteiger partial charge in [0.05, 0.1) is 5.92 Å². The third-order valence-corrected chi connectivity index (χ3v) is 4.40. The van der Waals surface area contributed by atoms with Crippen molar-refractivity contribution in [1.29, 1.82) is 0 Å². The average molecular weight is 276 g/mol. The van der Waals surface area contributed by atoms with Crippen LogP contribution in [0.1, 0.15) is 30.6 Å². The molecule has 0 spiro atoms. The SMILES string of the molecule is O=C(Cc1cccs1)C1CCCCC1C(F)(F)F. The number of carbonyl (C=O) groups is 1. The van der Waals surface area contributed by atoms with Gasteiger partial charge >= 0.3 is 6.18 Å². The lowest BCUT2D eigenvalue weighted by atomic mass is 9.76. The highest BCUT2D eigenvalue weighted by atomic mass is 32.1. The topological polar surface area (TPSA) is 17.1 Å². The molecule has 1 aromatic heterocycles. The quantitative estimate of drug-likeness (QED) is 0.807. The van der Waals surface area contributed by atoms with E-state index in [9.17, 15) is 18.0 Å². The predicted octanol–water partition coefficient (Wildman–Crippen LogP) is 4.23. The molecule has 1 nitrogen and oxygen atoms in total. The lowest BCUT2D eigenvalue weighted by molar-refractivity contribution is -0.197. The van der Waals surface area contributed by atoms with Crippen LogP contribution in [0.4, 0.5) is 13.2 Å². The molecule has 0 aromatic carbocycles. The Bertz CT molecular complexity index is 397. The van der Waals surface area contributed by atoms with E-state index < -0.39 is 18.0 Å². The molecule has 0 radical (unpaired) electrons. The van der Waals surface area contributed by atoms with Crippen molar-refractivity contribution in [3.63, 3.8) is 0 Å². The van der Waals surface area contributed by atoms with E-state index >= 15 is 0 Å². The monoisotopic (exact) mass is 276 g/mol. The van der Waals surface area contributed by atoms with Crippen molar-refractivity contribution < 1.29 is 18.0 Å². The molecule has 2 unspecified atom stereocenters. The Hall–Kier alpha value is -0.840. The Labute approximate surface area is 108 Å². The number of Topliss-reactive ketones (excluding diaryl/α,β-unsaturated/α-hetero) is 1. The average Bonchev–Trinajstić information content (AvgIpc) is 2.80. The second-order valence-electron chi connectivity index (χ2n) is 4.76. The highest BCUT2D eigenvalue weighted by molar-refractivity contribution is 7.10. The molecule has 1 saturated carbocycles. The summed E-state index contributed by atoms with van der Waals surface area (Å²) in [6, 6.07) is 3.61. The molecular formula is C13H15F3OS. The molecule has 1 aliphatic carbocycles. The van der Waals surface area contributed by atoms with E-state index in [1.54, 1.807) is 6.07 Å². The fourth-order valence-electron chi connectivity index (χ4n) is 2.62. The highest BCUT2D eigenvalue weighted by Crippen LogP contribution is 2.42. The van der Waals surface area contributed by atoms with E-state index in [1.165, 1.54) is 11.3 Å². The second kappa shape index (κ2) is 5.43. The molecule has 0 saturated heterocycles. The number of carbonyl (C=O) groups excluding carboxylic acids is 1. The zero-order chi connectivity index (χ0) is 13.2. The van der Waals surface area contributed by atoms with Crippen LogP contribution in [0, 0.1) is 11.8 Å². The molecular weight excluding hydrogens is 261 g/mol. The van der Waals surface area contributed by atoms with Crippen molar-refractivity contribution in [2.24, 2.45) is 11.8 Å². The van der Waals surface area contributed by atoms with E-state index in [4.69, 9.17) is 0 Å². The molecule has 1 fully saturated rings. The Balaban J connectivity index is 2.06.